The average Bonchev–Trinajstić information content (AvgIpc) is 2.78. The number of imidazole rings is 1. The number of rotatable bonds is 8. The van der Waals surface area contributed by atoms with E-state index in [0.29, 0.717) is 6.54 Å². The van der Waals surface area contributed by atoms with Gasteiger partial charge in [0.1, 0.15) is 0 Å². The Morgan fingerprint density at radius 1 is 1.59 bits per heavy atom. The number of nitrogens with zero attached hydrogens (tertiary/aromatic N) is 3. The molecule has 1 aromatic rings. The van der Waals surface area contributed by atoms with E-state index in [9.17, 15) is 0 Å². The molecule has 1 aromatic heterocycles. The Morgan fingerprint density at radius 3 is 2.94 bits per heavy atom. The molecule has 0 aromatic carbocycles. The molecule has 2 N–H and O–H groups in total. The van der Waals surface area contributed by atoms with Crippen LogP contribution in [0.25, 0.3) is 0 Å². The molecule has 0 aliphatic heterocycles. The third-order valence-electron chi connectivity index (χ3n) is 3.04. The van der Waals surface area contributed by atoms with Crippen LogP contribution in [0.1, 0.15) is 25.1 Å². The van der Waals surface area contributed by atoms with Crippen LogP contribution in [0, 0.1) is 0 Å². The molecule has 17 heavy (non-hydrogen) atoms. The first-order valence-corrected chi connectivity index (χ1v) is 6.13. The minimum Gasteiger partial charge on any atom is -0.385 e. The summed E-state index contributed by atoms with van der Waals surface area (Å²) in [6, 6.07) is 0.231. The van der Waals surface area contributed by atoms with Gasteiger partial charge >= 0.3 is 0 Å². The predicted molar refractivity (Wildman–Crippen MR) is 68.8 cm³/mol. The van der Waals surface area contributed by atoms with Crippen LogP contribution < -0.4 is 5.73 Å². The molecule has 0 fully saturated rings. The third-order valence-corrected chi connectivity index (χ3v) is 3.04. The lowest BCUT2D eigenvalue weighted by atomic mass is 10.2. The highest BCUT2D eigenvalue weighted by atomic mass is 16.5. The van der Waals surface area contributed by atoms with Crippen LogP contribution in [0.15, 0.2) is 12.5 Å². The van der Waals surface area contributed by atoms with Crippen molar-refractivity contribution < 1.29 is 4.74 Å². The molecule has 1 unspecified atom stereocenters. The van der Waals surface area contributed by atoms with Crippen molar-refractivity contribution in [1.29, 1.82) is 0 Å². The zero-order valence-electron chi connectivity index (χ0n) is 11.1. The summed E-state index contributed by atoms with van der Waals surface area (Å²) < 4.78 is 7.21. The number of hydrogen-bond acceptors (Lipinski definition) is 4. The smallest absolute Gasteiger partial charge is 0.0948 e. The maximum absolute atomic E-state index is 5.88. The second-order valence-electron chi connectivity index (χ2n) is 4.18. The summed E-state index contributed by atoms with van der Waals surface area (Å²) in [7, 11) is 3.83. The van der Waals surface area contributed by atoms with E-state index < -0.39 is 0 Å². The molecular formula is C12H24N4O. The molecule has 1 rings (SSSR count). The van der Waals surface area contributed by atoms with Crippen molar-refractivity contribution in [2.75, 3.05) is 33.9 Å². The second-order valence-corrected chi connectivity index (χ2v) is 4.18. The van der Waals surface area contributed by atoms with Crippen LogP contribution in [0.2, 0.25) is 0 Å². The lowest BCUT2D eigenvalue weighted by molar-refractivity contribution is 0.164. The Bertz CT molecular complexity index is 313. The van der Waals surface area contributed by atoms with Gasteiger partial charge in [0.25, 0.3) is 0 Å². The molecule has 1 atom stereocenters. The normalized spacial score (nSPS) is 13.2. The molecule has 0 bridgehead atoms. The SMILES string of the molecule is CCn1cncc1C(CN)N(C)CCCOC. The zero-order valence-corrected chi connectivity index (χ0v) is 11.1. The maximum atomic E-state index is 5.88. The summed E-state index contributed by atoms with van der Waals surface area (Å²) in [5.74, 6) is 0. The van der Waals surface area contributed by atoms with E-state index >= 15 is 0 Å². The summed E-state index contributed by atoms with van der Waals surface area (Å²) in [6.45, 7) is 5.41. The van der Waals surface area contributed by atoms with Crippen molar-refractivity contribution in [3.8, 4) is 0 Å². The highest BCUT2D eigenvalue weighted by molar-refractivity contribution is 5.06. The summed E-state index contributed by atoms with van der Waals surface area (Å²) in [5, 5.41) is 0. The Kier molecular flexibility index (Phi) is 6.18. The van der Waals surface area contributed by atoms with Gasteiger partial charge in [-0.25, -0.2) is 4.98 Å². The Balaban J connectivity index is 2.63. The maximum Gasteiger partial charge on any atom is 0.0948 e. The van der Waals surface area contributed by atoms with Crippen molar-refractivity contribution in [1.82, 2.24) is 14.5 Å². The molecule has 0 saturated carbocycles. The first kappa shape index (κ1) is 14.2. The van der Waals surface area contributed by atoms with E-state index in [4.69, 9.17) is 10.5 Å². The van der Waals surface area contributed by atoms with Gasteiger partial charge in [-0.3, -0.25) is 4.90 Å². The number of aromatic nitrogens is 2. The van der Waals surface area contributed by atoms with Crippen molar-refractivity contribution >= 4 is 0 Å². The van der Waals surface area contributed by atoms with Gasteiger partial charge in [0.2, 0.25) is 0 Å². The molecular weight excluding hydrogens is 216 g/mol. The standard InChI is InChI=1S/C12H24N4O/c1-4-16-10-14-9-12(16)11(8-13)15(2)6-5-7-17-3/h9-11H,4-8,13H2,1-3H3. The molecule has 5 nitrogen and oxygen atoms in total. The number of aryl methyl sites for hydroxylation is 1. The minimum atomic E-state index is 0.231. The van der Waals surface area contributed by atoms with Gasteiger partial charge in [-0.2, -0.15) is 0 Å². The van der Waals surface area contributed by atoms with Gasteiger partial charge < -0.3 is 15.0 Å². The summed E-state index contributed by atoms with van der Waals surface area (Å²) in [5.41, 5.74) is 7.07. The minimum absolute atomic E-state index is 0.231. The van der Waals surface area contributed by atoms with Crippen molar-refractivity contribution in [3.63, 3.8) is 0 Å². The average molecular weight is 240 g/mol. The van der Waals surface area contributed by atoms with E-state index in [0.717, 1.165) is 26.1 Å². The van der Waals surface area contributed by atoms with Gasteiger partial charge in [-0.1, -0.05) is 0 Å². The van der Waals surface area contributed by atoms with Gasteiger partial charge in [-0.05, 0) is 20.4 Å². The van der Waals surface area contributed by atoms with E-state index in [1.54, 1.807) is 7.11 Å². The first-order chi connectivity index (χ1) is 8.24. The zero-order chi connectivity index (χ0) is 12.7. The van der Waals surface area contributed by atoms with Gasteiger partial charge in [0.05, 0.1) is 18.1 Å². The molecule has 0 saturated heterocycles. The quantitative estimate of drug-likeness (QED) is 0.685. The third kappa shape index (κ3) is 3.80. The molecule has 1 heterocycles. The van der Waals surface area contributed by atoms with Gasteiger partial charge in [0.15, 0.2) is 0 Å². The van der Waals surface area contributed by atoms with Gasteiger partial charge in [0, 0.05) is 39.5 Å². The summed E-state index contributed by atoms with van der Waals surface area (Å²) in [6.07, 6.45) is 4.79. The first-order valence-electron chi connectivity index (χ1n) is 6.13. The van der Waals surface area contributed by atoms with Crippen LogP contribution in [0.3, 0.4) is 0 Å². The Labute approximate surface area is 104 Å². The van der Waals surface area contributed by atoms with Crippen LogP contribution in [0.4, 0.5) is 0 Å². The molecule has 0 aliphatic carbocycles. The number of nitrogens with two attached hydrogens (primary N) is 1. The lowest BCUT2D eigenvalue weighted by Gasteiger charge is -2.27. The van der Waals surface area contributed by atoms with E-state index in [-0.39, 0.29) is 6.04 Å². The molecule has 98 valence electrons. The second kappa shape index (κ2) is 7.42. The molecule has 0 spiro atoms. The predicted octanol–water partition coefficient (Wildman–Crippen LogP) is 0.871. The number of likely N-dealkylation sites (N-methyl/N-ethyl adjacent to an activating group) is 1. The molecule has 0 amide bonds. The fraction of sp³-hybridized carbons (Fsp3) is 0.750. The van der Waals surface area contributed by atoms with E-state index in [1.807, 2.05) is 12.5 Å². The monoisotopic (exact) mass is 240 g/mol. The largest absolute Gasteiger partial charge is 0.385 e. The van der Waals surface area contributed by atoms with Crippen molar-refractivity contribution in [3.05, 3.63) is 18.2 Å². The number of ether oxygens (including phenoxy) is 1. The van der Waals surface area contributed by atoms with Crippen LogP contribution in [-0.4, -0.2) is 48.3 Å². The highest BCUT2D eigenvalue weighted by Gasteiger charge is 2.18. The highest BCUT2D eigenvalue weighted by Crippen LogP contribution is 2.18. The fourth-order valence-electron chi connectivity index (χ4n) is 2.01. The van der Waals surface area contributed by atoms with Gasteiger partial charge in [-0.15, -0.1) is 0 Å². The summed E-state index contributed by atoms with van der Waals surface area (Å²) in [4.78, 5) is 6.46. The lowest BCUT2D eigenvalue weighted by Crippen LogP contribution is -2.33. The Morgan fingerprint density at radius 2 is 2.35 bits per heavy atom. The molecule has 5 heteroatoms. The van der Waals surface area contributed by atoms with Crippen LogP contribution in [-0.2, 0) is 11.3 Å². The fourth-order valence-corrected chi connectivity index (χ4v) is 2.01. The van der Waals surface area contributed by atoms with Crippen LogP contribution >= 0.6 is 0 Å². The van der Waals surface area contributed by atoms with Crippen molar-refractivity contribution in [2.24, 2.45) is 5.73 Å². The van der Waals surface area contributed by atoms with Crippen molar-refractivity contribution in [2.45, 2.75) is 25.9 Å². The van der Waals surface area contributed by atoms with E-state index in [2.05, 4.69) is 28.4 Å². The summed E-state index contributed by atoms with van der Waals surface area (Å²) >= 11 is 0. The number of methoxy groups -OCH3 is 1. The van der Waals surface area contributed by atoms with E-state index in [1.165, 1.54) is 5.69 Å². The topological polar surface area (TPSA) is 56.3 Å². The molecule has 0 aliphatic rings. The molecule has 0 radical (unpaired) electrons. The van der Waals surface area contributed by atoms with Crippen LogP contribution in [0.5, 0.6) is 0 Å². The Hall–Kier alpha value is -0.910. The number of hydrogen-bond donors (Lipinski definition) is 1.